The van der Waals surface area contributed by atoms with Gasteiger partial charge in [0.2, 0.25) is 0 Å². The third-order valence-corrected chi connectivity index (χ3v) is 4.43. The van der Waals surface area contributed by atoms with Gasteiger partial charge in [-0.1, -0.05) is 17.7 Å². The molecule has 3 N–H and O–H groups in total. The number of nitrogens with two attached hydrogens (primary N) is 1. The van der Waals surface area contributed by atoms with Gasteiger partial charge in [-0.15, -0.1) is 0 Å². The molecular weight excluding hydrogens is 288 g/mol. The summed E-state index contributed by atoms with van der Waals surface area (Å²) in [6.45, 7) is 2.15. The Bertz CT molecular complexity index is 364. The molecule has 16 heavy (non-hydrogen) atoms. The summed E-state index contributed by atoms with van der Waals surface area (Å²) in [6.07, 6.45) is 2.31. The second-order valence-corrected chi connectivity index (χ2v) is 5.55. The molecular formula is C12H16BrClN2. The van der Waals surface area contributed by atoms with E-state index < -0.39 is 0 Å². The van der Waals surface area contributed by atoms with Gasteiger partial charge in [0.15, 0.2) is 0 Å². The predicted octanol–water partition coefficient (Wildman–Crippen LogP) is 3.10. The van der Waals surface area contributed by atoms with Gasteiger partial charge >= 0.3 is 0 Å². The van der Waals surface area contributed by atoms with Gasteiger partial charge in [-0.3, -0.25) is 0 Å². The van der Waals surface area contributed by atoms with Crippen LogP contribution in [-0.2, 0) is 0 Å². The molecule has 0 spiro atoms. The van der Waals surface area contributed by atoms with Crippen LogP contribution in [0.2, 0.25) is 5.02 Å². The van der Waals surface area contributed by atoms with Crippen LogP contribution in [-0.4, -0.2) is 13.1 Å². The van der Waals surface area contributed by atoms with E-state index in [2.05, 4.69) is 21.2 Å². The van der Waals surface area contributed by atoms with Crippen LogP contribution in [0, 0.1) is 5.92 Å². The lowest BCUT2D eigenvalue weighted by Gasteiger charge is -2.28. The molecule has 1 aromatic rings. The molecule has 0 bridgehead atoms. The molecule has 0 saturated carbocycles. The van der Waals surface area contributed by atoms with E-state index in [0.717, 1.165) is 35.4 Å². The van der Waals surface area contributed by atoms with E-state index in [1.54, 1.807) is 0 Å². The molecule has 0 amide bonds. The fourth-order valence-electron chi connectivity index (χ4n) is 2.20. The summed E-state index contributed by atoms with van der Waals surface area (Å²) in [6, 6.07) is 6.09. The van der Waals surface area contributed by atoms with Crippen LogP contribution < -0.4 is 11.1 Å². The molecule has 1 atom stereocenters. The van der Waals surface area contributed by atoms with Crippen molar-refractivity contribution >= 4 is 27.5 Å². The van der Waals surface area contributed by atoms with Crippen LogP contribution >= 0.6 is 27.5 Å². The van der Waals surface area contributed by atoms with Crippen LogP contribution in [0.15, 0.2) is 22.7 Å². The zero-order valence-corrected chi connectivity index (χ0v) is 11.4. The minimum Gasteiger partial charge on any atom is -0.324 e. The van der Waals surface area contributed by atoms with Crippen molar-refractivity contribution in [3.8, 4) is 0 Å². The third-order valence-electron chi connectivity index (χ3n) is 3.22. The molecule has 0 radical (unpaired) electrons. The number of piperidine rings is 1. The Morgan fingerprint density at radius 3 is 2.69 bits per heavy atom. The summed E-state index contributed by atoms with van der Waals surface area (Å²) < 4.78 is 0.927. The minimum atomic E-state index is 0.121. The Balaban J connectivity index is 2.12. The fraction of sp³-hybridized carbons (Fsp3) is 0.500. The molecule has 0 aromatic heterocycles. The molecule has 0 aliphatic carbocycles. The first-order chi connectivity index (χ1) is 7.68. The average Bonchev–Trinajstić information content (AvgIpc) is 2.33. The first-order valence-electron chi connectivity index (χ1n) is 5.59. The van der Waals surface area contributed by atoms with Gasteiger partial charge < -0.3 is 11.1 Å². The number of hydrogen-bond donors (Lipinski definition) is 2. The predicted molar refractivity (Wildman–Crippen MR) is 71.7 cm³/mol. The molecule has 0 unspecified atom stereocenters. The third kappa shape index (κ3) is 2.77. The Morgan fingerprint density at radius 1 is 1.38 bits per heavy atom. The molecule has 2 rings (SSSR count). The second kappa shape index (κ2) is 5.50. The zero-order chi connectivity index (χ0) is 11.5. The Morgan fingerprint density at radius 2 is 2.06 bits per heavy atom. The maximum absolute atomic E-state index is 6.30. The summed E-state index contributed by atoms with van der Waals surface area (Å²) >= 11 is 9.41. The maximum Gasteiger partial charge on any atom is 0.0548 e. The quantitative estimate of drug-likeness (QED) is 0.881. The lowest BCUT2D eigenvalue weighted by molar-refractivity contribution is 0.322. The minimum absolute atomic E-state index is 0.121. The van der Waals surface area contributed by atoms with Crippen molar-refractivity contribution in [2.75, 3.05) is 13.1 Å². The average molecular weight is 304 g/mol. The number of nitrogens with one attached hydrogen (secondary N) is 1. The lowest BCUT2D eigenvalue weighted by atomic mass is 9.87. The van der Waals surface area contributed by atoms with Crippen molar-refractivity contribution in [3.63, 3.8) is 0 Å². The molecule has 1 saturated heterocycles. The van der Waals surface area contributed by atoms with E-state index in [1.807, 2.05) is 18.2 Å². The molecule has 1 aliphatic rings. The summed E-state index contributed by atoms with van der Waals surface area (Å²) in [5, 5.41) is 4.09. The van der Waals surface area contributed by atoms with Crippen molar-refractivity contribution in [2.24, 2.45) is 11.7 Å². The Labute approximate surface area is 110 Å². The van der Waals surface area contributed by atoms with Gasteiger partial charge in [-0.05, 0) is 65.5 Å². The number of hydrogen-bond acceptors (Lipinski definition) is 2. The largest absolute Gasteiger partial charge is 0.324 e. The molecule has 88 valence electrons. The van der Waals surface area contributed by atoms with E-state index in [0.29, 0.717) is 5.92 Å². The van der Waals surface area contributed by atoms with Gasteiger partial charge in [-0.2, -0.15) is 0 Å². The monoisotopic (exact) mass is 302 g/mol. The SMILES string of the molecule is N[C@@H](c1ccc(Cl)c(Br)c1)C1CCNCC1. The van der Waals surface area contributed by atoms with Gasteiger partial charge in [0.1, 0.15) is 0 Å². The van der Waals surface area contributed by atoms with E-state index in [1.165, 1.54) is 5.56 Å². The molecule has 2 nitrogen and oxygen atoms in total. The van der Waals surface area contributed by atoms with Crippen LogP contribution in [0.3, 0.4) is 0 Å². The number of halogens is 2. The molecule has 4 heteroatoms. The van der Waals surface area contributed by atoms with E-state index >= 15 is 0 Å². The second-order valence-electron chi connectivity index (χ2n) is 4.29. The highest BCUT2D eigenvalue weighted by molar-refractivity contribution is 9.10. The van der Waals surface area contributed by atoms with Gasteiger partial charge in [-0.25, -0.2) is 0 Å². The van der Waals surface area contributed by atoms with Crippen molar-refractivity contribution in [3.05, 3.63) is 33.3 Å². The highest BCUT2D eigenvalue weighted by atomic mass is 79.9. The first kappa shape index (κ1) is 12.4. The van der Waals surface area contributed by atoms with Crippen LogP contribution in [0.5, 0.6) is 0 Å². The Kier molecular flexibility index (Phi) is 4.25. The zero-order valence-electron chi connectivity index (χ0n) is 9.05. The summed E-state index contributed by atoms with van der Waals surface area (Å²) in [4.78, 5) is 0. The smallest absolute Gasteiger partial charge is 0.0548 e. The summed E-state index contributed by atoms with van der Waals surface area (Å²) in [7, 11) is 0. The van der Waals surface area contributed by atoms with Gasteiger partial charge in [0, 0.05) is 10.5 Å². The normalized spacial score (nSPS) is 19.7. The highest BCUT2D eigenvalue weighted by Gasteiger charge is 2.21. The molecule has 1 heterocycles. The van der Waals surface area contributed by atoms with E-state index in [9.17, 15) is 0 Å². The molecule has 1 aliphatic heterocycles. The van der Waals surface area contributed by atoms with Crippen LogP contribution in [0.1, 0.15) is 24.4 Å². The summed E-state index contributed by atoms with van der Waals surface area (Å²) in [5.41, 5.74) is 7.47. The highest BCUT2D eigenvalue weighted by Crippen LogP contribution is 2.31. The first-order valence-corrected chi connectivity index (χ1v) is 6.77. The van der Waals surface area contributed by atoms with E-state index in [-0.39, 0.29) is 6.04 Å². The Hall–Kier alpha value is -0.0900. The molecule has 1 fully saturated rings. The van der Waals surface area contributed by atoms with Gasteiger partial charge in [0.25, 0.3) is 0 Å². The standard InChI is InChI=1S/C12H16BrClN2/c13-10-7-9(1-2-11(10)14)12(15)8-3-5-16-6-4-8/h1-2,7-8,12,16H,3-6,15H2/t12-/m1/s1. The summed E-state index contributed by atoms with van der Waals surface area (Å²) in [5.74, 6) is 0.578. The van der Waals surface area contributed by atoms with Crippen molar-refractivity contribution in [2.45, 2.75) is 18.9 Å². The number of rotatable bonds is 2. The lowest BCUT2D eigenvalue weighted by Crippen LogP contribution is -2.33. The van der Waals surface area contributed by atoms with Crippen molar-refractivity contribution in [1.82, 2.24) is 5.32 Å². The van der Waals surface area contributed by atoms with E-state index in [4.69, 9.17) is 17.3 Å². The fourth-order valence-corrected chi connectivity index (χ4v) is 2.71. The maximum atomic E-state index is 6.30. The van der Waals surface area contributed by atoms with Crippen molar-refractivity contribution < 1.29 is 0 Å². The molecule has 1 aromatic carbocycles. The topological polar surface area (TPSA) is 38.0 Å². The van der Waals surface area contributed by atoms with Crippen LogP contribution in [0.4, 0.5) is 0 Å². The van der Waals surface area contributed by atoms with Crippen molar-refractivity contribution in [1.29, 1.82) is 0 Å². The van der Waals surface area contributed by atoms with Gasteiger partial charge in [0.05, 0.1) is 5.02 Å². The van der Waals surface area contributed by atoms with Crippen LogP contribution in [0.25, 0.3) is 0 Å². The number of benzene rings is 1.